The number of benzene rings is 1. The normalized spacial score (nSPS) is 23.4. The SMILES string of the molecule is CCS(=O)(=O)N[C@@H]1[C@H](Cc2cccc(Br)c2F)N(C(=O)OC(C)(C)C)CC12CC2. The average molecular weight is 491 g/mol. The Balaban J connectivity index is 1.97. The molecule has 1 amide bonds. The summed E-state index contributed by atoms with van der Waals surface area (Å²) in [6, 6.07) is 4.00. The van der Waals surface area contributed by atoms with Crippen LogP contribution in [0.15, 0.2) is 22.7 Å². The Morgan fingerprint density at radius 1 is 1.38 bits per heavy atom. The second-order valence-corrected chi connectivity index (χ2v) is 11.9. The zero-order valence-electron chi connectivity index (χ0n) is 17.2. The second kappa shape index (κ2) is 7.81. The molecule has 9 heteroatoms. The molecule has 2 fully saturated rings. The van der Waals surface area contributed by atoms with Crippen molar-refractivity contribution in [2.24, 2.45) is 5.41 Å². The highest BCUT2D eigenvalue weighted by atomic mass is 79.9. The minimum atomic E-state index is -3.49. The van der Waals surface area contributed by atoms with Crippen LogP contribution in [0.2, 0.25) is 0 Å². The molecule has 1 aromatic carbocycles. The van der Waals surface area contributed by atoms with Crippen LogP contribution in [0.25, 0.3) is 0 Å². The lowest BCUT2D eigenvalue weighted by molar-refractivity contribution is 0.0213. The molecule has 1 heterocycles. The average Bonchev–Trinajstić information content (AvgIpc) is 3.33. The molecule has 1 aliphatic carbocycles. The molecule has 1 aliphatic heterocycles. The van der Waals surface area contributed by atoms with Gasteiger partial charge in [-0.15, -0.1) is 0 Å². The maximum atomic E-state index is 14.7. The van der Waals surface area contributed by atoms with Crippen LogP contribution in [0.3, 0.4) is 0 Å². The molecule has 0 radical (unpaired) electrons. The number of carbonyl (C=O) groups excluding carboxylic acids is 1. The van der Waals surface area contributed by atoms with E-state index in [1.54, 1.807) is 50.8 Å². The summed E-state index contributed by atoms with van der Waals surface area (Å²) in [4.78, 5) is 14.5. The molecule has 0 bridgehead atoms. The summed E-state index contributed by atoms with van der Waals surface area (Å²) in [6.07, 6.45) is 1.34. The Morgan fingerprint density at radius 2 is 2.03 bits per heavy atom. The lowest BCUT2D eigenvalue weighted by Crippen LogP contribution is -2.50. The fraction of sp³-hybridized carbons (Fsp3) is 0.650. The van der Waals surface area contributed by atoms with Gasteiger partial charge in [0.15, 0.2) is 0 Å². The van der Waals surface area contributed by atoms with Crippen LogP contribution in [0.1, 0.15) is 46.1 Å². The van der Waals surface area contributed by atoms with E-state index in [4.69, 9.17) is 4.74 Å². The summed E-state index contributed by atoms with van der Waals surface area (Å²) >= 11 is 3.20. The maximum Gasteiger partial charge on any atom is 0.410 e. The monoisotopic (exact) mass is 490 g/mol. The van der Waals surface area contributed by atoms with Gasteiger partial charge >= 0.3 is 6.09 Å². The molecular formula is C20H28BrFN2O4S. The van der Waals surface area contributed by atoms with E-state index in [-0.39, 0.29) is 17.6 Å². The van der Waals surface area contributed by atoms with Crippen LogP contribution in [-0.2, 0) is 21.2 Å². The van der Waals surface area contributed by atoms with E-state index in [9.17, 15) is 17.6 Å². The standard InChI is InChI=1S/C20H28BrFN2O4S/c1-5-29(26,27)23-17-15(11-13-7-6-8-14(21)16(13)22)24(12-20(17)9-10-20)18(25)28-19(2,3)4/h6-8,15,17,23H,5,9-12H2,1-4H3/t15-,17+/m0/s1. The first-order valence-electron chi connectivity index (χ1n) is 9.80. The van der Waals surface area contributed by atoms with Crippen LogP contribution in [0.4, 0.5) is 9.18 Å². The summed E-state index contributed by atoms with van der Waals surface area (Å²) in [5, 5.41) is 0. The number of ether oxygens (including phenoxy) is 1. The molecular weight excluding hydrogens is 463 g/mol. The molecule has 1 spiro atoms. The van der Waals surface area contributed by atoms with Gasteiger partial charge in [-0.25, -0.2) is 22.3 Å². The van der Waals surface area contributed by atoms with Crippen LogP contribution < -0.4 is 4.72 Å². The fourth-order valence-electron chi connectivity index (χ4n) is 3.93. The van der Waals surface area contributed by atoms with Gasteiger partial charge in [-0.1, -0.05) is 12.1 Å². The third-order valence-electron chi connectivity index (χ3n) is 5.60. The largest absolute Gasteiger partial charge is 0.444 e. The van der Waals surface area contributed by atoms with E-state index in [0.717, 1.165) is 12.8 Å². The Kier molecular flexibility index (Phi) is 6.06. The van der Waals surface area contributed by atoms with Crippen molar-refractivity contribution < 1.29 is 22.3 Å². The predicted molar refractivity (Wildman–Crippen MR) is 113 cm³/mol. The number of carbonyl (C=O) groups is 1. The summed E-state index contributed by atoms with van der Waals surface area (Å²) in [5.74, 6) is -0.449. The quantitative estimate of drug-likeness (QED) is 0.680. The van der Waals surface area contributed by atoms with Crippen molar-refractivity contribution in [3.05, 3.63) is 34.1 Å². The molecule has 1 saturated heterocycles. The molecule has 3 rings (SSSR count). The van der Waals surface area contributed by atoms with Crippen molar-refractivity contribution >= 4 is 32.0 Å². The zero-order valence-corrected chi connectivity index (χ0v) is 19.6. The minimum absolute atomic E-state index is 0.0516. The van der Waals surface area contributed by atoms with Crippen LogP contribution in [0.5, 0.6) is 0 Å². The molecule has 6 nitrogen and oxygen atoms in total. The number of nitrogens with zero attached hydrogens (tertiary/aromatic N) is 1. The minimum Gasteiger partial charge on any atom is -0.444 e. The van der Waals surface area contributed by atoms with Gasteiger partial charge in [-0.2, -0.15) is 0 Å². The van der Waals surface area contributed by atoms with E-state index in [1.807, 2.05) is 0 Å². The molecule has 2 aliphatic rings. The third-order valence-corrected chi connectivity index (χ3v) is 7.58. The molecule has 29 heavy (non-hydrogen) atoms. The highest BCUT2D eigenvalue weighted by Gasteiger charge is 2.61. The maximum absolute atomic E-state index is 14.7. The van der Waals surface area contributed by atoms with Crippen molar-refractivity contribution in [1.82, 2.24) is 9.62 Å². The van der Waals surface area contributed by atoms with Crippen LogP contribution >= 0.6 is 15.9 Å². The van der Waals surface area contributed by atoms with Gasteiger partial charge in [0, 0.05) is 18.0 Å². The molecule has 0 unspecified atom stereocenters. The van der Waals surface area contributed by atoms with Gasteiger partial charge in [-0.05, 0) is 74.5 Å². The summed E-state index contributed by atoms with van der Waals surface area (Å²) < 4.78 is 48.1. The van der Waals surface area contributed by atoms with Crippen molar-refractivity contribution in [2.45, 2.75) is 64.6 Å². The van der Waals surface area contributed by atoms with Crippen molar-refractivity contribution in [2.75, 3.05) is 12.3 Å². The lowest BCUT2D eigenvalue weighted by atomic mass is 9.92. The van der Waals surface area contributed by atoms with E-state index >= 15 is 0 Å². The van der Waals surface area contributed by atoms with Gasteiger partial charge < -0.3 is 9.64 Å². The Bertz CT molecular complexity index is 896. The van der Waals surface area contributed by atoms with Gasteiger partial charge in [0.05, 0.1) is 16.3 Å². The first kappa shape index (κ1) is 22.5. The van der Waals surface area contributed by atoms with Gasteiger partial charge in [0.25, 0.3) is 0 Å². The number of amides is 1. The molecule has 0 aromatic heterocycles. The molecule has 162 valence electrons. The number of hydrogen-bond acceptors (Lipinski definition) is 4. The van der Waals surface area contributed by atoms with E-state index < -0.39 is 39.6 Å². The Labute approximate surface area is 180 Å². The molecule has 1 saturated carbocycles. The topological polar surface area (TPSA) is 75.7 Å². The predicted octanol–water partition coefficient (Wildman–Crippen LogP) is 3.84. The van der Waals surface area contributed by atoms with Gasteiger partial charge in [0.1, 0.15) is 11.4 Å². The van der Waals surface area contributed by atoms with Crippen LogP contribution in [0, 0.1) is 11.2 Å². The number of hydrogen-bond donors (Lipinski definition) is 1. The zero-order chi connectivity index (χ0) is 21.6. The molecule has 1 aromatic rings. The summed E-state index contributed by atoms with van der Waals surface area (Å²) in [6.45, 7) is 7.33. The number of nitrogens with one attached hydrogen (secondary N) is 1. The smallest absolute Gasteiger partial charge is 0.410 e. The Hall–Kier alpha value is -1.19. The van der Waals surface area contributed by atoms with Crippen molar-refractivity contribution in [3.63, 3.8) is 0 Å². The third kappa shape index (κ3) is 4.94. The lowest BCUT2D eigenvalue weighted by Gasteiger charge is -2.31. The van der Waals surface area contributed by atoms with Crippen LogP contribution in [-0.4, -0.2) is 49.4 Å². The summed E-state index contributed by atoms with van der Waals surface area (Å²) in [7, 11) is -3.49. The molecule has 2 atom stereocenters. The second-order valence-electron chi connectivity index (χ2n) is 8.95. The molecule has 1 N–H and O–H groups in total. The van der Waals surface area contributed by atoms with Crippen molar-refractivity contribution in [1.29, 1.82) is 0 Å². The van der Waals surface area contributed by atoms with E-state index in [2.05, 4.69) is 20.7 Å². The highest BCUT2D eigenvalue weighted by molar-refractivity contribution is 9.10. The van der Waals surface area contributed by atoms with Gasteiger partial charge in [0.2, 0.25) is 10.0 Å². The Morgan fingerprint density at radius 3 is 2.59 bits per heavy atom. The summed E-state index contributed by atoms with van der Waals surface area (Å²) in [5.41, 5.74) is -0.566. The fourth-order valence-corrected chi connectivity index (χ4v) is 5.30. The number of rotatable bonds is 5. The number of likely N-dealkylation sites (tertiary alicyclic amines) is 1. The first-order chi connectivity index (χ1) is 13.4. The van der Waals surface area contributed by atoms with Crippen molar-refractivity contribution in [3.8, 4) is 0 Å². The van der Waals surface area contributed by atoms with Gasteiger partial charge in [-0.3, -0.25) is 0 Å². The number of halogens is 2. The number of sulfonamides is 1. The first-order valence-corrected chi connectivity index (χ1v) is 12.2. The van der Waals surface area contributed by atoms with E-state index in [1.165, 1.54) is 0 Å². The highest BCUT2D eigenvalue weighted by Crippen LogP contribution is 2.55. The van der Waals surface area contributed by atoms with E-state index in [0.29, 0.717) is 16.6 Å².